The van der Waals surface area contributed by atoms with E-state index in [1.807, 2.05) is 7.05 Å². The van der Waals surface area contributed by atoms with Crippen LogP contribution < -0.4 is 5.32 Å². The molecule has 4 nitrogen and oxygen atoms in total. The number of nitrogens with zero attached hydrogens (tertiary/aromatic N) is 3. The number of imidazole rings is 1. The van der Waals surface area contributed by atoms with Crippen LogP contribution in [0.3, 0.4) is 0 Å². The number of benzene rings is 1. The van der Waals surface area contributed by atoms with Gasteiger partial charge in [-0.2, -0.15) is 13.2 Å². The summed E-state index contributed by atoms with van der Waals surface area (Å²) in [6, 6.07) is 7.26. The molecule has 0 unspecified atom stereocenters. The van der Waals surface area contributed by atoms with Gasteiger partial charge >= 0.3 is 6.18 Å². The third kappa shape index (κ3) is 2.61. The van der Waals surface area contributed by atoms with Crippen LogP contribution in [-0.2, 0) is 19.8 Å². The van der Waals surface area contributed by atoms with Crippen molar-refractivity contribution in [3.05, 3.63) is 54.0 Å². The molecule has 7 heteroatoms. The SMILES string of the molecule is Cn1cnc2ccnc(NCc3ccccc3C(F)(F)F)c21. The second kappa shape index (κ2) is 5.32. The molecule has 2 aromatic heterocycles. The molecule has 1 aromatic carbocycles. The van der Waals surface area contributed by atoms with Crippen molar-refractivity contribution < 1.29 is 13.2 Å². The van der Waals surface area contributed by atoms with Crippen LogP contribution in [0.2, 0.25) is 0 Å². The van der Waals surface area contributed by atoms with E-state index in [1.165, 1.54) is 12.1 Å². The minimum absolute atomic E-state index is 0.0347. The predicted octanol–water partition coefficient (Wildman–Crippen LogP) is 3.60. The smallest absolute Gasteiger partial charge is 0.364 e. The van der Waals surface area contributed by atoms with E-state index in [0.29, 0.717) is 5.82 Å². The van der Waals surface area contributed by atoms with Gasteiger partial charge in [-0.1, -0.05) is 18.2 Å². The molecule has 3 aromatic rings. The Morgan fingerprint density at radius 1 is 1.14 bits per heavy atom. The van der Waals surface area contributed by atoms with E-state index in [4.69, 9.17) is 0 Å². The number of fused-ring (bicyclic) bond motifs is 1. The Bertz CT molecular complexity index is 808. The molecule has 1 N–H and O–H groups in total. The van der Waals surface area contributed by atoms with E-state index in [0.717, 1.165) is 17.1 Å². The van der Waals surface area contributed by atoms with Crippen LogP contribution in [-0.4, -0.2) is 14.5 Å². The molecule has 0 aliphatic heterocycles. The second-order valence-corrected chi connectivity index (χ2v) is 4.89. The van der Waals surface area contributed by atoms with Gasteiger partial charge in [0.15, 0.2) is 5.82 Å². The molecule has 0 radical (unpaired) electrons. The number of hydrogen-bond donors (Lipinski definition) is 1. The highest BCUT2D eigenvalue weighted by Gasteiger charge is 2.32. The zero-order valence-electron chi connectivity index (χ0n) is 11.7. The van der Waals surface area contributed by atoms with Gasteiger partial charge < -0.3 is 9.88 Å². The molecular formula is C15H13F3N4. The summed E-state index contributed by atoms with van der Waals surface area (Å²) in [6.45, 7) is 0.0347. The molecule has 0 amide bonds. The van der Waals surface area contributed by atoms with Crippen LogP contribution >= 0.6 is 0 Å². The topological polar surface area (TPSA) is 42.7 Å². The predicted molar refractivity (Wildman–Crippen MR) is 77.3 cm³/mol. The van der Waals surface area contributed by atoms with Gasteiger partial charge in [0.1, 0.15) is 5.52 Å². The highest BCUT2D eigenvalue weighted by Crippen LogP contribution is 2.32. The van der Waals surface area contributed by atoms with Crippen LogP contribution in [0.5, 0.6) is 0 Å². The Balaban J connectivity index is 1.91. The second-order valence-electron chi connectivity index (χ2n) is 4.89. The zero-order chi connectivity index (χ0) is 15.7. The van der Waals surface area contributed by atoms with Gasteiger partial charge in [0.2, 0.25) is 0 Å². The monoisotopic (exact) mass is 306 g/mol. The maximum atomic E-state index is 13.0. The Morgan fingerprint density at radius 2 is 1.91 bits per heavy atom. The number of halogens is 3. The molecule has 0 saturated heterocycles. The summed E-state index contributed by atoms with van der Waals surface area (Å²) in [6.07, 6.45) is -1.15. The van der Waals surface area contributed by atoms with Crippen molar-refractivity contribution in [1.29, 1.82) is 0 Å². The van der Waals surface area contributed by atoms with E-state index >= 15 is 0 Å². The molecule has 3 rings (SSSR count). The first-order chi connectivity index (χ1) is 10.5. The molecular weight excluding hydrogens is 293 g/mol. The van der Waals surface area contributed by atoms with Gasteiger partial charge in [-0.3, -0.25) is 0 Å². The molecule has 0 aliphatic rings. The maximum absolute atomic E-state index is 13.0. The van der Waals surface area contributed by atoms with Crippen molar-refractivity contribution in [2.24, 2.45) is 7.05 Å². The summed E-state index contributed by atoms with van der Waals surface area (Å²) in [5.74, 6) is 0.509. The fraction of sp³-hybridized carbons (Fsp3) is 0.200. The molecule has 0 bridgehead atoms. The Morgan fingerprint density at radius 3 is 2.68 bits per heavy atom. The number of hydrogen-bond acceptors (Lipinski definition) is 3. The summed E-state index contributed by atoms with van der Waals surface area (Å²) < 4.78 is 40.7. The Hall–Kier alpha value is -2.57. The molecule has 0 fully saturated rings. The summed E-state index contributed by atoms with van der Waals surface area (Å²) in [5.41, 5.74) is 1.03. The van der Waals surface area contributed by atoms with E-state index in [-0.39, 0.29) is 12.1 Å². The van der Waals surface area contributed by atoms with Crippen molar-refractivity contribution >= 4 is 16.9 Å². The largest absolute Gasteiger partial charge is 0.416 e. The first-order valence-electron chi connectivity index (χ1n) is 6.62. The van der Waals surface area contributed by atoms with Crippen LogP contribution in [0.25, 0.3) is 11.0 Å². The Kier molecular flexibility index (Phi) is 3.48. The molecule has 114 valence electrons. The van der Waals surface area contributed by atoms with Crippen molar-refractivity contribution in [1.82, 2.24) is 14.5 Å². The minimum atomic E-state index is -4.37. The minimum Gasteiger partial charge on any atom is -0.364 e. The van der Waals surface area contributed by atoms with Gasteiger partial charge in [0.25, 0.3) is 0 Å². The number of rotatable bonds is 3. The Labute approximate surface area is 124 Å². The number of aromatic nitrogens is 3. The van der Waals surface area contributed by atoms with Crippen LogP contribution in [0.15, 0.2) is 42.9 Å². The average Bonchev–Trinajstić information content (AvgIpc) is 2.87. The number of anilines is 1. The zero-order valence-corrected chi connectivity index (χ0v) is 11.7. The maximum Gasteiger partial charge on any atom is 0.416 e. The number of alkyl halides is 3. The molecule has 0 atom stereocenters. The van der Waals surface area contributed by atoms with Crippen molar-refractivity contribution in [3.63, 3.8) is 0 Å². The first-order valence-corrected chi connectivity index (χ1v) is 6.62. The molecule has 0 spiro atoms. The fourth-order valence-corrected chi connectivity index (χ4v) is 2.36. The molecule has 0 aliphatic carbocycles. The molecule has 2 heterocycles. The van der Waals surface area contributed by atoms with Crippen molar-refractivity contribution in [3.8, 4) is 0 Å². The van der Waals surface area contributed by atoms with Crippen LogP contribution in [0.4, 0.5) is 19.0 Å². The van der Waals surface area contributed by atoms with E-state index in [9.17, 15) is 13.2 Å². The first kappa shape index (κ1) is 14.4. The number of nitrogens with one attached hydrogen (secondary N) is 1. The highest BCUT2D eigenvalue weighted by molar-refractivity contribution is 5.85. The van der Waals surface area contributed by atoms with E-state index in [1.54, 1.807) is 29.2 Å². The quantitative estimate of drug-likeness (QED) is 0.804. The summed E-state index contributed by atoms with van der Waals surface area (Å²) >= 11 is 0. The average molecular weight is 306 g/mol. The third-order valence-corrected chi connectivity index (χ3v) is 3.39. The van der Waals surface area contributed by atoms with Gasteiger partial charge in [0.05, 0.1) is 17.4 Å². The lowest BCUT2D eigenvalue weighted by molar-refractivity contribution is -0.138. The van der Waals surface area contributed by atoms with Gasteiger partial charge in [-0.05, 0) is 17.7 Å². The van der Waals surface area contributed by atoms with Gasteiger partial charge in [0, 0.05) is 19.8 Å². The van der Waals surface area contributed by atoms with Crippen LogP contribution in [0.1, 0.15) is 11.1 Å². The van der Waals surface area contributed by atoms with Gasteiger partial charge in [-0.25, -0.2) is 9.97 Å². The highest BCUT2D eigenvalue weighted by atomic mass is 19.4. The number of pyridine rings is 1. The summed E-state index contributed by atoms with van der Waals surface area (Å²) in [5, 5.41) is 2.97. The van der Waals surface area contributed by atoms with Crippen molar-refractivity contribution in [2.75, 3.05) is 5.32 Å². The van der Waals surface area contributed by atoms with Crippen molar-refractivity contribution in [2.45, 2.75) is 12.7 Å². The lowest BCUT2D eigenvalue weighted by Crippen LogP contribution is -2.12. The normalized spacial score (nSPS) is 11.8. The molecule has 22 heavy (non-hydrogen) atoms. The summed E-state index contributed by atoms with van der Waals surface area (Å²) in [7, 11) is 1.81. The van der Waals surface area contributed by atoms with Gasteiger partial charge in [-0.15, -0.1) is 0 Å². The van der Waals surface area contributed by atoms with E-state index in [2.05, 4.69) is 15.3 Å². The fourth-order valence-electron chi connectivity index (χ4n) is 2.36. The summed E-state index contributed by atoms with van der Waals surface area (Å²) in [4.78, 5) is 8.39. The lowest BCUT2D eigenvalue weighted by atomic mass is 10.1. The molecule has 0 saturated carbocycles. The van der Waals surface area contributed by atoms with E-state index < -0.39 is 11.7 Å². The lowest BCUT2D eigenvalue weighted by Gasteiger charge is -2.14. The van der Waals surface area contributed by atoms with Crippen LogP contribution in [0, 0.1) is 0 Å². The standard InChI is InChI=1S/C15H13F3N4/c1-22-9-21-12-6-7-19-14(13(12)22)20-8-10-4-2-3-5-11(10)15(16,17)18/h2-7,9H,8H2,1H3,(H,19,20). The number of aryl methyl sites for hydroxylation is 1. The third-order valence-electron chi connectivity index (χ3n) is 3.39.